The maximum Gasteiger partial charge on any atom is 0.338 e. The number of thioether (sulfide) groups is 1. The molecular formula is C27H29FN4O2S. The Hall–Kier alpha value is -3.39. The number of aromatic nitrogens is 3. The fourth-order valence-corrected chi connectivity index (χ4v) is 4.72. The Labute approximate surface area is 209 Å². The second-order valence-electron chi connectivity index (χ2n) is 9.37. The summed E-state index contributed by atoms with van der Waals surface area (Å²) in [5.74, 6) is 0.204. The maximum atomic E-state index is 14.1. The molecule has 0 bridgehead atoms. The van der Waals surface area contributed by atoms with Gasteiger partial charge in [0.1, 0.15) is 18.5 Å². The molecule has 4 rings (SSSR count). The number of nitrogens with one attached hydrogen (secondary N) is 1. The van der Waals surface area contributed by atoms with Crippen molar-refractivity contribution in [2.24, 2.45) is 0 Å². The van der Waals surface area contributed by atoms with Crippen LogP contribution in [0.5, 0.6) is 0 Å². The van der Waals surface area contributed by atoms with Crippen LogP contribution in [0.15, 0.2) is 77.6 Å². The summed E-state index contributed by atoms with van der Waals surface area (Å²) in [5.41, 5.74) is 3.76. The van der Waals surface area contributed by atoms with E-state index in [1.807, 2.05) is 19.1 Å². The molecule has 1 N–H and O–H groups in total. The molecule has 0 radical (unpaired) electrons. The first-order chi connectivity index (χ1) is 16.7. The van der Waals surface area contributed by atoms with E-state index in [0.717, 1.165) is 5.56 Å². The first-order valence-corrected chi connectivity index (χ1v) is 12.4. The molecular weight excluding hydrogens is 463 g/mol. The second kappa shape index (κ2) is 10.1. The normalized spacial score (nSPS) is 15.4. The van der Waals surface area contributed by atoms with Gasteiger partial charge in [-0.05, 0) is 35.1 Å². The molecule has 182 valence electrons. The van der Waals surface area contributed by atoms with Crippen LogP contribution in [-0.4, -0.2) is 27.3 Å². The van der Waals surface area contributed by atoms with Gasteiger partial charge in [0.2, 0.25) is 11.1 Å². The minimum atomic E-state index is -0.520. The van der Waals surface area contributed by atoms with Crippen molar-refractivity contribution in [3.8, 4) is 0 Å². The van der Waals surface area contributed by atoms with Gasteiger partial charge in [0.25, 0.3) is 0 Å². The van der Waals surface area contributed by atoms with Crippen molar-refractivity contribution in [3.05, 3.63) is 95.0 Å². The van der Waals surface area contributed by atoms with Gasteiger partial charge in [0.05, 0.1) is 5.57 Å². The molecule has 0 saturated heterocycles. The molecule has 1 aliphatic heterocycles. The SMILES string of the molecule is C=CCOC(=O)C1=C(C)Nc2nc(SCc3ccccc3F)nn2C1c1ccc(C(C)(C)C)cc1. The molecule has 0 aliphatic carbocycles. The van der Waals surface area contributed by atoms with Gasteiger partial charge >= 0.3 is 5.97 Å². The van der Waals surface area contributed by atoms with Gasteiger partial charge < -0.3 is 10.1 Å². The summed E-state index contributed by atoms with van der Waals surface area (Å²) < 4.78 is 21.2. The molecule has 0 fully saturated rings. The molecule has 0 amide bonds. The van der Waals surface area contributed by atoms with Crippen LogP contribution in [0.4, 0.5) is 10.3 Å². The Morgan fingerprint density at radius 2 is 1.94 bits per heavy atom. The lowest BCUT2D eigenvalue weighted by molar-refractivity contribution is -0.138. The zero-order chi connectivity index (χ0) is 25.2. The summed E-state index contributed by atoms with van der Waals surface area (Å²) in [4.78, 5) is 17.7. The Balaban J connectivity index is 1.71. The topological polar surface area (TPSA) is 69.0 Å². The molecule has 2 heterocycles. The summed E-state index contributed by atoms with van der Waals surface area (Å²) in [6.45, 7) is 12.0. The van der Waals surface area contributed by atoms with Crippen molar-refractivity contribution in [2.75, 3.05) is 11.9 Å². The molecule has 1 aromatic heterocycles. The molecule has 1 atom stereocenters. The Kier molecular flexibility index (Phi) is 7.12. The van der Waals surface area contributed by atoms with Crippen molar-refractivity contribution >= 4 is 23.7 Å². The Bertz CT molecular complexity index is 1280. The predicted octanol–water partition coefficient (Wildman–Crippen LogP) is 6.03. The standard InChI is InChI=1S/C27H29FN4O2S/c1-6-15-34-24(33)22-17(2)29-25-30-26(35-16-19-9-7-8-10-21(19)28)31-32(25)23(22)18-11-13-20(14-12-18)27(3,4)5/h6-14,23H,1,15-16H2,2-5H3,(H,29,30,31). The number of benzene rings is 2. The molecule has 1 unspecified atom stereocenters. The summed E-state index contributed by atoms with van der Waals surface area (Å²) in [6.07, 6.45) is 1.54. The van der Waals surface area contributed by atoms with E-state index in [4.69, 9.17) is 9.84 Å². The fraction of sp³-hybridized carbons (Fsp3) is 0.296. The summed E-state index contributed by atoms with van der Waals surface area (Å²) in [6, 6.07) is 14.3. The van der Waals surface area contributed by atoms with Crippen LogP contribution < -0.4 is 5.32 Å². The fourth-order valence-electron chi connectivity index (χ4n) is 3.90. The summed E-state index contributed by atoms with van der Waals surface area (Å²) in [7, 11) is 0. The lowest BCUT2D eigenvalue weighted by Crippen LogP contribution is -2.29. The molecule has 1 aliphatic rings. The zero-order valence-corrected chi connectivity index (χ0v) is 21.2. The molecule has 6 nitrogen and oxygen atoms in total. The number of hydrogen-bond acceptors (Lipinski definition) is 6. The first kappa shape index (κ1) is 24.7. The second-order valence-corrected chi connectivity index (χ2v) is 10.3. The number of anilines is 1. The number of halogens is 1. The van der Waals surface area contributed by atoms with E-state index in [1.54, 1.807) is 22.9 Å². The molecule has 35 heavy (non-hydrogen) atoms. The monoisotopic (exact) mass is 492 g/mol. The van der Waals surface area contributed by atoms with Crippen LogP contribution in [0.1, 0.15) is 50.4 Å². The van der Waals surface area contributed by atoms with Crippen LogP contribution in [0, 0.1) is 5.82 Å². The number of carbonyl (C=O) groups excluding carboxylic acids is 1. The third-order valence-electron chi connectivity index (χ3n) is 5.79. The number of hydrogen-bond donors (Lipinski definition) is 1. The van der Waals surface area contributed by atoms with Crippen molar-refractivity contribution in [2.45, 2.75) is 50.1 Å². The van der Waals surface area contributed by atoms with Crippen molar-refractivity contribution in [1.82, 2.24) is 14.8 Å². The minimum Gasteiger partial charge on any atom is -0.458 e. The number of nitrogens with zero attached hydrogens (tertiary/aromatic N) is 3. The number of fused-ring (bicyclic) bond motifs is 1. The Morgan fingerprint density at radius 1 is 1.23 bits per heavy atom. The largest absolute Gasteiger partial charge is 0.458 e. The number of carbonyl (C=O) groups is 1. The highest BCUT2D eigenvalue weighted by atomic mass is 32.2. The van der Waals surface area contributed by atoms with Gasteiger partial charge in [0, 0.05) is 11.4 Å². The van der Waals surface area contributed by atoms with Gasteiger partial charge in [0.15, 0.2) is 0 Å². The third kappa shape index (κ3) is 5.32. The first-order valence-electron chi connectivity index (χ1n) is 11.4. The quantitative estimate of drug-likeness (QED) is 0.247. The number of ether oxygens (including phenoxy) is 1. The summed E-state index contributed by atoms with van der Waals surface area (Å²) >= 11 is 1.34. The van der Waals surface area contributed by atoms with Crippen LogP contribution in [0.2, 0.25) is 0 Å². The van der Waals surface area contributed by atoms with E-state index in [9.17, 15) is 9.18 Å². The van der Waals surface area contributed by atoms with Gasteiger partial charge in [-0.15, -0.1) is 5.10 Å². The zero-order valence-electron chi connectivity index (χ0n) is 20.3. The Morgan fingerprint density at radius 3 is 2.60 bits per heavy atom. The van der Waals surface area contributed by atoms with Gasteiger partial charge in [-0.25, -0.2) is 13.9 Å². The minimum absolute atomic E-state index is 0.000928. The van der Waals surface area contributed by atoms with Gasteiger partial charge in [-0.2, -0.15) is 4.98 Å². The average Bonchev–Trinajstić information content (AvgIpc) is 3.23. The number of esters is 1. The van der Waals surface area contributed by atoms with E-state index < -0.39 is 12.0 Å². The van der Waals surface area contributed by atoms with Crippen molar-refractivity contribution in [1.29, 1.82) is 0 Å². The van der Waals surface area contributed by atoms with E-state index in [-0.39, 0.29) is 17.8 Å². The van der Waals surface area contributed by atoms with Crippen molar-refractivity contribution in [3.63, 3.8) is 0 Å². The highest BCUT2D eigenvalue weighted by Crippen LogP contribution is 2.38. The van der Waals surface area contributed by atoms with Crippen LogP contribution in [-0.2, 0) is 20.7 Å². The average molecular weight is 493 g/mol. The van der Waals surface area contributed by atoms with E-state index in [1.165, 1.54) is 29.5 Å². The van der Waals surface area contributed by atoms with Gasteiger partial charge in [-0.3, -0.25) is 0 Å². The molecule has 2 aromatic carbocycles. The lowest BCUT2D eigenvalue weighted by atomic mass is 9.85. The number of allylic oxidation sites excluding steroid dienone is 1. The van der Waals surface area contributed by atoms with E-state index in [0.29, 0.717) is 33.7 Å². The highest BCUT2D eigenvalue weighted by Gasteiger charge is 2.35. The van der Waals surface area contributed by atoms with E-state index in [2.05, 4.69) is 49.8 Å². The maximum absolute atomic E-state index is 14.1. The van der Waals surface area contributed by atoms with Crippen LogP contribution >= 0.6 is 11.8 Å². The van der Waals surface area contributed by atoms with Crippen LogP contribution in [0.25, 0.3) is 0 Å². The predicted molar refractivity (Wildman–Crippen MR) is 137 cm³/mol. The summed E-state index contributed by atoms with van der Waals surface area (Å²) in [5, 5.41) is 8.37. The smallest absolute Gasteiger partial charge is 0.338 e. The molecule has 0 spiro atoms. The van der Waals surface area contributed by atoms with Crippen LogP contribution in [0.3, 0.4) is 0 Å². The molecule has 3 aromatic rings. The van der Waals surface area contributed by atoms with E-state index >= 15 is 0 Å². The highest BCUT2D eigenvalue weighted by molar-refractivity contribution is 7.98. The van der Waals surface area contributed by atoms with Gasteiger partial charge in [-0.1, -0.05) is 87.7 Å². The third-order valence-corrected chi connectivity index (χ3v) is 6.68. The molecule has 0 saturated carbocycles. The van der Waals surface area contributed by atoms with Crippen molar-refractivity contribution < 1.29 is 13.9 Å². The number of rotatable bonds is 7. The lowest BCUT2D eigenvalue weighted by Gasteiger charge is -2.28. The molecule has 8 heteroatoms.